The van der Waals surface area contributed by atoms with E-state index in [0.717, 1.165) is 55.7 Å². The van der Waals surface area contributed by atoms with Gasteiger partial charge in [0.1, 0.15) is 0 Å². The maximum absolute atomic E-state index is 12.3. The van der Waals surface area contributed by atoms with Gasteiger partial charge in [-0.2, -0.15) is 0 Å². The molecule has 4 nitrogen and oxygen atoms in total. The topological polar surface area (TPSA) is 50.7 Å². The Morgan fingerprint density at radius 3 is 2.63 bits per heavy atom. The average Bonchev–Trinajstić information content (AvgIpc) is 3.02. The molecule has 1 N–H and O–H groups in total. The Labute approximate surface area is 179 Å². The molecule has 1 heterocycles. The fourth-order valence-corrected chi connectivity index (χ4v) is 4.12. The van der Waals surface area contributed by atoms with E-state index in [1.807, 2.05) is 54.6 Å². The number of thioether (sulfide) groups is 1. The first-order valence-corrected chi connectivity index (χ1v) is 10.4. The number of fused-ring (bicyclic) bond motifs is 1. The van der Waals surface area contributed by atoms with Crippen molar-refractivity contribution in [2.45, 2.75) is 0 Å². The molecule has 0 saturated carbocycles. The summed E-state index contributed by atoms with van der Waals surface area (Å²) >= 11 is 2.36. The number of nitrogens with one attached hydrogen (secondary N) is 1. The molecule has 1 aliphatic heterocycles. The molecule has 0 saturated heterocycles. The summed E-state index contributed by atoms with van der Waals surface area (Å²) in [4.78, 5) is 17.1. The van der Waals surface area contributed by atoms with E-state index in [0.29, 0.717) is 10.1 Å². The number of hydrogen-bond acceptors (Lipinski definition) is 4. The molecule has 0 fully saturated rings. The quantitative estimate of drug-likeness (QED) is 0.554. The van der Waals surface area contributed by atoms with Crippen molar-refractivity contribution in [3.8, 4) is 5.75 Å². The zero-order valence-corrected chi connectivity index (χ0v) is 17.8. The first-order chi connectivity index (χ1) is 13.1. The van der Waals surface area contributed by atoms with Crippen LogP contribution in [0.5, 0.6) is 5.75 Å². The van der Waals surface area contributed by atoms with E-state index in [4.69, 9.17) is 4.74 Å². The van der Waals surface area contributed by atoms with Crippen LogP contribution in [-0.4, -0.2) is 46.1 Å². The van der Waals surface area contributed by atoms with Gasteiger partial charge in [0.15, 0.2) is 0 Å². The van der Waals surface area contributed by atoms with Crippen molar-refractivity contribution in [2.75, 3.05) is 12.4 Å². The van der Waals surface area contributed by atoms with Gasteiger partial charge in [-0.15, -0.1) is 0 Å². The number of anilines is 1. The summed E-state index contributed by atoms with van der Waals surface area (Å²) in [5.74, 6) is 0.523. The molecule has 128 valence electrons. The molecule has 0 aliphatic carbocycles. The predicted octanol–water partition coefficient (Wildman–Crippen LogP) is 3.72. The summed E-state index contributed by atoms with van der Waals surface area (Å²) in [5, 5.41) is 5.92. The molecule has 1 aliphatic rings. The number of nitrogens with zero attached hydrogens (tertiary/aromatic N) is 1. The number of methoxy groups -OCH3 is 1. The molecule has 3 aromatic carbocycles. The molecule has 27 heavy (non-hydrogen) atoms. The number of ether oxygens (including phenoxy) is 1. The van der Waals surface area contributed by atoms with E-state index in [9.17, 15) is 4.79 Å². The Morgan fingerprint density at radius 1 is 1.07 bits per heavy atom. The van der Waals surface area contributed by atoms with Crippen molar-refractivity contribution >= 4 is 76.1 Å². The van der Waals surface area contributed by atoms with Crippen LogP contribution in [0.25, 0.3) is 16.8 Å². The third kappa shape index (κ3) is 3.96. The van der Waals surface area contributed by atoms with Crippen LogP contribution in [-0.2, 0) is 4.79 Å². The van der Waals surface area contributed by atoms with Gasteiger partial charge in [0.2, 0.25) is 0 Å². The van der Waals surface area contributed by atoms with Crippen LogP contribution in [0.2, 0.25) is 0 Å². The van der Waals surface area contributed by atoms with Gasteiger partial charge in [0, 0.05) is 0 Å². The summed E-state index contributed by atoms with van der Waals surface area (Å²) in [6, 6.07) is 20.2. The first-order valence-electron chi connectivity index (χ1n) is 8.56. The van der Waals surface area contributed by atoms with E-state index in [-0.39, 0.29) is 5.91 Å². The van der Waals surface area contributed by atoms with E-state index in [2.05, 4.69) is 22.4 Å². The van der Waals surface area contributed by atoms with Crippen molar-refractivity contribution in [3.63, 3.8) is 0 Å². The number of carbonyl (C=O) groups is 1. The molecule has 0 atom stereocenters. The first kappa shape index (κ1) is 18.3. The Morgan fingerprint density at radius 2 is 1.85 bits per heavy atom. The Balaban J connectivity index is 1.61. The fraction of sp³-hybridized carbons (Fsp3) is 0.0476. The van der Waals surface area contributed by atoms with E-state index < -0.39 is 0 Å². The fourth-order valence-electron chi connectivity index (χ4n) is 2.97. The van der Waals surface area contributed by atoms with Gasteiger partial charge in [-0.1, -0.05) is 24.3 Å². The number of aliphatic imine (C=N–C) groups is 1. The second-order valence-corrected chi connectivity index (χ2v) is 8.42. The molecular weight excluding hydrogens is 367 g/mol. The van der Waals surface area contributed by atoms with Gasteiger partial charge in [-0.3, -0.25) is 0 Å². The van der Waals surface area contributed by atoms with Crippen LogP contribution in [0.4, 0.5) is 5.69 Å². The van der Waals surface area contributed by atoms with Gasteiger partial charge < -0.3 is 0 Å². The molecule has 0 aromatic heterocycles. The molecule has 0 bridgehead atoms. The van der Waals surface area contributed by atoms with Crippen molar-refractivity contribution < 1.29 is 9.53 Å². The number of hydrogen-bond donors (Lipinski definition) is 1. The summed E-state index contributed by atoms with van der Waals surface area (Å²) in [7, 11) is 1.65. The molecule has 6 heteroatoms. The molecule has 0 unspecified atom stereocenters. The average molecular weight is 382 g/mol. The maximum atomic E-state index is 12.3. The summed E-state index contributed by atoms with van der Waals surface area (Å²) in [5.41, 5.74) is 1.79. The minimum atomic E-state index is -0.239. The SMILES string of the molecule is COc1c(C=C2SC(Nc3cc[c]([Na])cc3)=NC2=O)ccc2ccccc12. The minimum Gasteiger partial charge on any atom is -0.0616 e. The Kier molecular flexibility index (Phi) is 5.36. The van der Waals surface area contributed by atoms with Crippen LogP contribution >= 0.6 is 11.8 Å². The van der Waals surface area contributed by atoms with Crippen LogP contribution in [0.1, 0.15) is 5.56 Å². The van der Waals surface area contributed by atoms with Crippen LogP contribution in [0.15, 0.2) is 70.6 Å². The molecule has 0 radical (unpaired) electrons. The zero-order valence-electron chi connectivity index (χ0n) is 15.0. The van der Waals surface area contributed by atoms with Crippen LogP contribution in [0.3, 0.4) is 0 Å². The van der Waals surface area contributed by atoms with Gasteiger partial charge in [0.25, 0.3) is 0 Å². The van der Waals surface area contributed by atoms with Crippen LogP contribution < -0.4 is 12.9 Å². The second-order valence-electron chi connectivity index (χ2n) is 6.23. The van der Waals surface area contributed by atoms with E-state index in [1.165, 1.54) is 14.6 Å². The summed E-state index contributed by atoms with van der Waals surface area (Å²) in [6.45, 7) is 0. The van der Waals surface area contributed by atoms with Crippen molar-refractivity contribution in [1.82, 2.24) is 0 Å². The number of benzene rings is 3. The monoisotopic (exact) mass is 382 g/mol. The Hall–Kier alpha value is -2.05. The van der Waals surface area contributed by atoms with Crippen molar-refractivity contribution in [3.05, 3.63) is 71.1 Å². The molecule has 1 amide bonds. The minimum absolute atomic E-state index is 0.239. The zero-order chi connectivity index (χ0) is 18.8. The van der Waals surface area contributed by atoms with E-state index in [1.54, 1.807) is 7.11 Å². The second kappa shape index (κ2) is 7.90. The molecule has 3 aromatic rings. The third-order valence-corrected chi connectivity index (χ3v) is 5.89. The van der Waals surface area contributed by atoms with Gasteiger partial charge >= 0.3 is 143 Å². The number of amides is 1. The van der Waals surface area contributed by atoms with Crippen LogP contribution in [0, 0.1) is 0 Å². The number of carbonyl (C=O) groups excluding carboxylic acids is 1. The Bertz CT molecular complexity index is 1090. The third-order valence-electron chi connectivity index (χ3n) is 4.32. The molecule has 4 rings (SSSR count). The van der Waals surface area contributed by atoms with E-state index >= 15 is 0 Å². The number of amidine groups is 1. The van der Waals surface area contributed by atoms with Crippen molar-refractivity contribution in [1.29, 1.82) is 0 Å². The molecule has 0 spiro atoms. The van der Waals surface area contributed by atoms with Gasteiger partial charge in [-0.05, 0) is 5.39 Å². The van der Waals surface area contributed by atoms with Gasteiger partial charge in [0.05, 0.1) is 7.11 Å². The predicted molar refractivity (Wildman–Crippen MR) is 114 cm³/mol. The smallest absolute Gasteiger partial charge is 0.0616 e. The van der Waals surface area contributed by atoms with Gasteiger partial charge in [-0.25, -0.2) is 0 Å². The summed E-state index contributed by atoms with van der Waals surface area (Å²) < 4.78 is 6.94. The normalized spacial score (nSPS) is 15.3. The standard InChI is InChI=1S/C21H15N2O2S.Na/c1-25-19-15(12-11-14-7-5-6-10-17(14)19)13-18-20(24)23-21(26-18)22-16-8-3-2-4-9-16;/h3-13H,1H3,(H,22,23,24);. The van der Waals surface area contributed by atoms with Crippen molar-refractivity contribution in [2.24, 2.45) is 4.99 Å². The molecular formula is C21H15N2NaO2S. The number of rotatable bonds is 3. The summed E-state index contributed by atoms with van der Waals surface area (Å²) in [6.07, 6.45) is 1.84.